The van der Waals surface area contributed by atoms with Crippen LogP contribution in [-0.2, 0) is 0 Å². The highest BCUT2D eigenvalue weighted by Crippen LogP contribution is 2.25. The Morgan fingerprint density at radius 3 is 2.82 bits per heavy atom. The van der Waals surface area contributed by atoms with Gasteiger partial charge in [0, 0.05) is 23.8 Å². The molecular formula is C20H19N7O. The van der Waals surface area contributed by atoms with Gasteiger partial charge in [0.2, 0.25) is 5.88 Å². The topological polar surface area (TPSA) is 105 Å². The predicted molar refractivity (Wildman–Crippen MR) is 104 cm³/mol. The summed E-state index contributed by atoms with van der Waals surface area (Å²) >= 11 is 0. The van der Waals surface area contributed by atoms with Crippen molar-refractivity contribution in [1.82, 2.24) is 29.7 Å². The van der Waals surface area contributed by atoms with Gasteiger partial charge in [-0.3, -0.25) is 9.97 Å². The molecule has 0 radical (unpaired) electrons. The molecule has 1 fully saturated rings. The van der Waals surface area contributed by atoms with Crippen LogP contribution in [0.15, 0.2) is 55.2 Å². The van der Waals surface area contributed by atoms with Gasteiger partial charge in [-0.25, -0.2) is 14.6 Å². The Labute approximate surface area is 161 Å². The average molecular weight is 373 g/mol. The molecule has 0 bridgehead atoms. The van der Waals surface area contributed by atoms with E-state index in [0.29, 0.717) is 17.3 Å². The largest absolute Gasteiger partial charge is 0.472 e. The lowest BCUT2D eigenvalue weighted by atomic mass is 10.2. The molecule has 5 rings (SSSR count). The average Bonchev–Trinajstić information content (AvgIpc) is 3.34. The van der Waals surface area contributed by atoms with Crippen molar-refractivity contribution < 1.29 is 4.74 Å². The van der Waals surface area contributed by atoms with E-state index >= 15 is 0 Å². The third kappa shape index (κ3) is 3.07. The molecule has 2 atom stereocenters. The Kier molecular flexibility index (Phi) is 4.17. The van der Waals surface area contributed by atoms with Crippen LogP contribution in [0.4, 0.5) is 0 Å². The Balaban J connectivity index is 1.50. The molecule has 8 nitrogen and oxygen atoms in total. The highest BCUT2D eigenvalue weighted by Gasteiger charge is 2.26. The fraction of sp³-hybridized carbons (Fsp3) is 0.250. The first-order valence-corrected chi connectivity index (χ1v) is 9.28. The predicted octanol–water partition coefficient (Wildman–Crippen LogP) is 2.53. The maximum absolute atomic E-state index is 6.10. The molecule has 4 aromatic rings. The zero-order valence-corrected chi connectivity index (χ0v) is 15.1. The van der Waals surface area contributed by atoms with Crippen LogP contribution in [-0.4, -0.2) is 41.9 Å². The van der Waals surface area contributed by atoms with E-state index in [-0.39, 0.29) is 12.1 Å². The number of nitrogens with two attached hydrogens (primary N) is 1. The summed E-state index contributed by atoms with van der Waals surface area (Å²) in [6, 6.07) is 7.70. The zero-order valence-electron chi connectivity index (χ0n) is 15.1. The summed E-state index contributed by atoms with van der Waals surface area (Å²) in [5, 5.41) is 5.36. The minimum absolute atomic E-state index is 0.00873. The number of fused-ring (bicyclic) bond motifs is 1. The molecule has 1 saturated carbocycles. The fourth-order valence-electron chi connectivity index (χ4n) is 3.51. The second-order valence-electron chi connectivity index (χ2n) is 6.87. The minimum Gasteiger partial charge on any atom is -0.472 e. The Bertz CT molecular complexity index is 1110. The van der Waals surface area contributed by atoms with Gasteiger partial charge in [-0.1, -0.05) is 6.07 Å². The van der Waals surface area contributed by atoms with E-state index < -0.39 is 0 Å². The van der Waals surface area contributed by atoms with Crippen molar-refractivity contribution in [2.75, 3.05) is 0 Å². The highest BCUT2D eigenvalue weighted by atomic mass is 16.5. The number of pyridine rings is 2. The van der Waals surface area contributed by atoms with Gasteiger partial charge >= 0.3 is 0 Å². The summed E-state index contributed by atoms with van der Waals surface area (Å²) in [5.41, 5.74) is 8.33. The van der Waals surface area contributed by atoms with Crippen LogP contribution >= 0.6 is 0 Å². The van der Waals surface area contributed by atoms with E-state index in [9.17, 15) is 0 Å². The van der Waals surface area contributed by atoms with Gasteiger partial charge in [-0.05, 0) is 37.5 Å². The number of nitrogens with zero attached hydrogens (tertiary/aromatic N) is 6. The number of hydrogen-bond acceptors (Lipinski definition) is 7. The van der Waals surface area contributed by atoms with Crippen molar-refractivity contribution in [2.24, 2.45) is 5.73 Å². The third-order valence-corrected chi connectivity index (χ3v) is 4.97. The van der Waals surface area contributed by atoms with Crippen molar-refractivity contribution in [2.45, 2.75) is 31.4 Å². The maximum Gasteiger partial charge on any atom is 0.233 e. The summed E-state index contributed by atoms with van der Waals surface area (Å²) in [4.78, 5) is 17.7. The fourth-order valence-corrected chi connectivity index (χ4v) is 3.51. The minimum atomic E-state index is -0.00873. The van der Waals surface area contributed by atoms with Crippen molar-refractivity contribution in [1.29, 1.82) is 0 Å². The molecule has 1 aliphatic rings. The number of aromatic nitrogens is 6. The van der Waals surface area contributed by atoms with Gasteiger partial charge in [0.15, 0.2) is 5.82 Å². The third-order valence-electron chi connectivity index (χ3n) is 4.97. The van der Waals surface area contributed by atoms with E-state index in [0.717, 1.165) is 36.0 Å². The highest BCUT2D eigenvalue weighted by molar-refractivity contribution is 5.82. The smallest absolute Gasteiger partial charge is 0.233 e. The molecule has 140 valence electrons. The SMILES string of the molecule is N[C@H]1CCC[C@@H]1Oc1cncc(-c2cc3c(cn2)cnn3-c2ccccn2)n1. The number of ether oxygens (including phenoxy) is 1. The zero-order chi connectivity index (χ0) is 18.9. The summed E-state index contributed by atoms with van der Waals surface area (Å²) in [6.07, 6.45) is 11.6. The van der Waals surface area contributed by atoms with Crippen LogP contribution in [0, 0.1) is 0 Å². The molecule has 8 heteroatoms. The van der Waals surface area contributed by atoms with Crippen LogP contribution in [0.25, 0.3) is 28.1 Å². The lowest BCUT2D eigenvalue weighted by Crippen LogP contribution is -2.33. The van der Waals surface area contributed by atoms with E-state index in [2.05, 4.69) is 25.0 Å². The van der Waals surface area contributed by atoms with Gasteiger partial charge in [0.05, 0.1) is 29.8 Å². The Hall–Kier alpha value is -3.39. The van der Waals surface area contributed by atoms with Gasteiger partial charge in [0.1, 0.15) is 11.8 Å². The number of hydrogen-bond donors (Lipinski definition) is 1. The molecule has 0 unspecified atom stereocenters. The molecule has 0 spiro atoms. The first-order valence-electron chi connectivity index (χ1n) is 9.28. The summed E-state index contributed by atoms with van der Waals surface area (Å²) in [7, 11) is 0. The molecule has 28 heavy (non-hydrogen) atoms. The van der Waals surface area contributed by atoms with Crippen LogP contribution in [0.3, 0.4) is 0 Å². The number of rotatable bonds is 4. The quantitative estimate of drug-likeness (QED) is 0.586. The van der Waals surface area contributed by atoms with Crippen LogP contribution in [0.5, 0.6) is 5.88 Å². The monoisotopic (exact) mass is 373 g/mol. The standard InChI is InChI=1S/C20H19N7O/c21-14-4-3-5-18(14)28-20-12-22-11-16(26-20)15-8-17-13(9-24-15)10-25-27(17)19-6-1-2-7-23-19/h1-2,6-12,14,18H,3-5,21H2/t14-,18-/m0/s1. The molecule has 0 amide bonds. The second-order valence-corrected chi connectivity index (χ2v) is 6.87. The van der Waals surface area contributed by atoms with E-state index in [1.165, 1.54) is 0 Å². The lowest BCUT2D eigenvalue weighted by Gasteiger charge is -2.16. The first kappa shape index (κ1) is 16.8. The van der Waals surface area contributed by atoms with Crippen LogP contribution < -0.4 is 10.5 Å². The van der Waals surface area contributed by atoms with Crippen molar-refractivity contribution in [3.8, 4) is 23.1 Å². The van der Waals surface area contributed by atoms with Crippen molar-refractivity contribution >= 4 is 10.9 Å². The van der Waals surface area contributed by atoms with Gasteiger partial charge < -0.3 is 10.5 Å². The lowest BCUT2D eigenvalue weighted by molar-refractivity contribution is 0.183. The molecule has 4 heterocycles. The molecule has 1 aliphatic carbocycles. The van der Waals surface area contributed by atoms with E-state index in [1.54, 1.807) is 35.7 Å². The van der Waals surface area contributed by atoms with E-state index in [4.69, 9.17) is 10.5 Å². The first-order chi connectivity index (χ1) is 13.8. The molecule has 0 saturated heterocycles. The molecule has 0 aliphatic heterocycles. The summed E-state index contributed by atoms with van der Waals surface area (Å²) in [6.45, 7) is 0. The van der Waals surface area contributed by atoms with Crippen molar-refractivity contribution in [3.63, 3.8) is 0 Å². The second kappa shape index (κ2) is 6.97. The van der Waals surface area contributed by atoms with Crippen LogP contribution in [0.2, 0.25) is 0 Å². The van der Waals surface area contributed by atoms with E-state index in [1.807, 2.05) is 24.3 Å². The summed E-state index contributed by atoms with van der Waals surface area (Å²) in [5.74, 6) is 1.22. The van der Waals surface area contributed by atoms with Gasteiger partial charge in [-0.2, -0.15) is 5.10 Å². The Morgan fingerprint density at radius 1 is 1.04 bits per heavy atom. The summed E-state index contributed by atoms with van der Waals surface area (Å²) < 4.78 is 7.74. The molecule has 0 aromatic carbocycles. The van der Waals surface area contributed by atoms with Crippen molar-refractivity contribution in [3.05, 3.63) is 55.2 Å². The normalized spacial score (nSPS) is 19.2. The molecule has 2 N–H and O–H groups in total. The van der Waals surface area contributed by atoms with Gasteiger partial charge in [0.25, 0.3) is 0 Å². The van der Waals surface area contributed by atoms with Gasteiger partial charge in [-0.15, -0.1) is 0 Å². The molecular weight excluding hydrogens is 354 g/mol. The van der Waals surface area contributed by atoms with Crippen LogP contribution in [0.1, 0.15) is 19.3 Å². The Morgan fingerprint density at radius 2 is 2.00 bits per heavy atom. The maximum atomic E-state index is 6.10. The molecule has 4 aromatic heterocycles.